The van der Waals surface area contributed by atoms with Gasteiger partial charge in [0.1, 0.15) is 5.78 Å². The molecule has 2 aliphatic carbocycles. The van der Waals surface area contributed by atoms with Crippen LogP contribution in [0.15, 0.2) is 0 Å². The van der Waals surface area contributed by atoms with Gasteiger partial charge in [0.25, 0.3) is 0 Å². The lowest BCUT2D eigenvalue weighted by Crippen LogP contribution is -2.17. The lowest BCUT2D eigenvalue weighted by Gasteiger charge is -2.20. The van der Waals surface area contributed by atoms with E-state index in [1.807, 2.05) is 18.5 Å². The molecule has 110 valence electrons. The summed E-state index contributed by atoms with van der Waals surface area (Å²) in [6.07, 6.45) is 6.56. The summed E-state index contributed by atoms with van der Waals surface area (Å²) in [4.78, 5) is 12.4. The Bertz CT molecular complexity index is 523. The van der Waals surface area contributed by atoms with E-state index in [-0.39, 0.29) is 0 Å². The summed E-state index contributed by atoms with van der Waals surface area (Å²) in [6.45, 7) is 4.70. The number of halogens is 1. The van der Waals surface area contributed by atoms with E-state index >= 15 is 0 Å². The molecule has 0 radical (unpaired) electrons. The van der Waals surface area contributed by atoms with Crippen molar-refractivity contribution in [3.63, 3.8) is 0 Å². The van der Waals surface area contributed by atoms with E-state index in [1.165, 1.54) is 25.7 Å². The lowest BCUT2D eigenvalue weighted by atomic mass is 9.84. The second-order valence-corrected chi connectivity index (χ2v) is 6.89. The monoisotopic (exact) mass is 294 g/mol. The maximum absolute atomic E-state index is 12.4. The molecule has 2 bridgehead atoms. The summed E-state index contributed by atoms with van der Waals surface area (Å²) in [7, 11) is 0. The molecule has 2 fully saturated rings. The van der Waals surface area contributed by atoms with Gasteiger partial charge in [-0.15, -0.1) is 0 Å². The molecular weight excluding hydrogens is 272 g/mol. The highest BCUT2D eigenvalue weighted by Crippen LogP contribution is 2.49. The van der Waals surface area contributed by atoms with Crippen LogP contribution in [0.25, 0.3) is 0 Å². The molecule has 0 saturated heterocycles. The van der Waals surface area contributed by atoms with Crippen LogP contribution in [0.4, 0.5) is 0 Å². The van der Waals surface area contributed by atoms with Crippen LogP contribution >= 0.6 is 11.6 Å². The Morgan fingerprint density at radius 1 is 1.40 bits per heavy atom. The first kappa shape index (κ1) is 14.1. The van der Waals surface area contributed by atoms with Crippen molar-refractivity contribution in [1.29, 1.82) is 0 Å². The average Bonchev–Trinajstić information content (AvgIpc) is 3.09. The fourth-order valence-corrected chi connectivity index (χ4v) is 4.42. The fourth-order valence-electron chi connectivity index (χ4n) is 4.22. The van der Waals surface area contributed by atoms with Crippen LogP contribution in [-0.2, 0) is 17.8 Å². The van der Waals surface area contributed by atoms with Gasteiger partial charge in [-0.25, -0.2) is 0 Å². The van der Waals surface area contributed by atoms with E-state index in [9.17, 15) is 4.79 Å². The molecule has 2 saturated carbocycles. The molecule has 1 heterocycles. The Kier molecular flexibility index (Phi) is 3.89. The van der Waals surface area contributed by atoms with Crippen molar-refractivity contribution in [3.05, 3.63) is 16.4 Å². The van der Waals surface area contributed by atoms with Crippen molar-refractivity contribution in [1.82, 2.24) is 9.78 Å². The number of carbonyl (C=O) groups excluding carboxylic acids is 1. The third-order valence-corrected chi connectivity index (χ3v) is 5.68. The number of rotatable bonds is 5. The number of aryl methyl sites for hydroxylation is 2. The van der Waals surface area contributed by atoms with Crippen molar-refractivity contribution in [2.75, 3.05) is 0 Å². The Morgan fingerprint density at radius 3 is 2.80 bits per heavy atom. The van der Waals surface area contributed by atoms with Gasteiger partial charge in [0, 0.05) is 19.4 Å². The minimum Gasteiger partial charge on any atom is -0.299 e. The molecular formula is C16H23ClN2O. The van der Waals surface area contributed by atoms with Gasteiger partial charge in [-0.3, -0.25) is 9.48 Å². The maximum atomic E-state index is 12.4. The van der Waals surface area contributed by atoms with Gasteiger partial charge in [-0.2, -0.15) is 5.10 Å². The molecule has 3 atom stereocenters. The van der Waals surface area contributed by atoms with Gasteiger partial charge < -0.3 is 0 Å². The minimum atomic E-state index is 0.332. The highest BCUT2D eigenvalue weighted by atomic mass is 35.5. The van der Waals surface area contributed by atoms with E-state index < -0.39 is 0 Å². The molecule has 20 heavy (non-hydrogen) atoms. The molecule has 1 aromatic rings. The first-order valence-electron chi connectivity index (χ1n) is 7.82. The van der Waals surface area contributed by atoms with Crippen molar-refractivity contribution < 1.29 is 4.79 Å². The van der Waals surface area contributed by atoms with Gasteiger partial charge in [0.05, 0.1) is 16.4 Å². The second-order valence-electron chi connectivity index (χ2n) is 6.52. The van der Waals surface area contributed by atoms with Crippen LogP contribution in [0.2, 0.25) is 5.02 Å². The van der Waals surface area contributed by atoms with E-state index in [4.69, 9.17) is 11.6 Å². The number of carbonyl (C=O) groups is 1. The number of ketones is 1. The molecule has 0 N–H and O–H groups in total. The van der Waals surface area contributed by atoms with Gasteiger partial charge in [0.15, 0.2) is 0 Å². The fraction of sp³-hybridized carbons (Fsp3) is 0.750. The average molecular weight is 295 g/mol. The molecule has 0 aliphatic heterocycles. The zero-order valence-corrected chi connectivity index (χ0v) is 13.1. The summed E-state index contributed by atoms with van der Waals surface area (Å²) < 4.78 is 1.87. The van der Waals surface area contributed by atoms with Crippen molar-refractivity contribution in [3.8, 4) is 0 Å². The van der Waals surface area contributed by atoms with Crippen molar-refractivity contribution >= 4 is 17.4 Å². The Labute approximate surface area is 125 Å². The first-order valence-corrected chi connectivity index (χ1v) is 8.19. The quantitative estimate of drug-likeness (QED) is 0.828. The Balaban J connectivity index is 1.64. The molecule has 4 heteroatoms. The molecule has 2 aliphatic rings. The molecule has 1 aromatic heterocycles. The summed E-state index contributed by atoms with van der Waals surface area (Å²) in [5.74, 6) is 2.69. The second kappa shape index (κ2) is 5.51. The number of fused-ring (bicyclic) bond motifs is 2. The maximum Gasteiger partial charge on any atom is 0.139 e. The third kappa shape index (κ3) is 2.52. The zero-order chi connectivity index (χ0) is 14.3. The summed E-state index contributed by atoms with van der Waals surface area (Å²) in [5, 5.41) is 5.06. The number of nitrogens with zero attached hydrogens (tertiary/aromatic N) is 2. The molecule has 3 nitrogen and oxygen atoms in total. The van der Waals surface area contributed by atoms with Gasteiger partial charge in [-0.05, 0) is 50.9 Å². The normalized spacial score (nSPS) is 28.2. The lowest BCUT2D eigenvalue weighted by molar-refractivity contribution is -0.119. The van der Waals surface area contributed by atoms with Crippen molar-refractivity contribution in [2.24, 2.45) is 17.8 Å². The minimum absolute atomic E-state index is 0.332. The van der Waals surface area contributed by atoms with Crippen LogP contribution in [0.1, 0.15) is 50.4 Å². The molecule has 0 spiro atoms. The van der Waals surface area contributed by atoms with Crippen LogP contribution in [0, 0.1) is 24.7 Å². The largest absolute Gasteiger partial charge is 0.299 e. The molecule has 3 unspecified atom stereocenters. The Morgan fingerprint density at radius 2 is 2.20 bits per heavy atom. The van der Waals surface area contributed by atoms with Gasteiger partial charge in [-0.1, -0.05) is 18.0 Å². The van der Waals surface area contributed by atoms with Crippen LogP contribution in [-0.4, -0.2) is 15.6 Å². The molecule has 0 amide bonds. The highest BCUT2D eigenvalue weighted by Gasteiger charge is 2.40. The summed E-state index contributed by atoms with van der Waals surface area (Å²) in [6, 6.07) is 0. The van der Waals surface area contributed by atoms with E-state index in [2.05, 4.69) is 5.10 Å². The predicted octanol–water partition coefficient (Wildman–Crippen LogP) is 3.80. The van der Waals surface area contributed by atoms with Gasteiger partial charge >= 0.3 is 0 Å². The topological polar surface area (TPSA) is 34.9 Å². The smallest absolute Gasteiger partial charge is 0.139 e. The summed E-state index contributed by atoms with van der Waals surface area (Å²) in [5.41, 5.74) is 1.73. The van der Waals surface area contributed by atoms with Gasteiger partial charge in [0.2, 0.25) is 0 Å². The summed E-state index contributed by atoms with van der Waals surface area (Å²) >= 11 is 6.28. The van der Waals surface area contributed by atoms with E-state index in [0.29, 0.717) is 23.1 Å². The van der Waals surface area contributed by atoms with Crippen molar-refractivity contribution in [2.45, 2.75) is 58.9 Å². The predicted molar refractivity (Wildman–Crippen MR) is 79.9 cm³/mol. The zero-order valence-electron chi connectivity index (χ0n) is 12.4. The number of Topliss-reactive ketones (excluding diaryl/α,β-unsaturated/α-hetero) is 1. The standard InChI is InChI=1S/C16H23ClN2O/c1-3-19-15(16(17)10(2)18-19)9-14(20)8-13-7-11-4-5-12(13)6-11/h11-13H,3-9H2,1-2H3. The Hall–Kier alpha value is -0.830. The van der Waals surface area contributed by atoms with E-state index in [1.54, 1.807) is 0 Å². The van der Waals surface area contributed by atoms with Crippen LogP contribution < -0.4 is 0 Å². The molecule has 0 aromatic carbocycles. The third-order valence-electron chi connectivity index (χ3n) is 5.19. The number of hydrogen-bond acceptors (Lipinski definition) is 2. The first-order chi connectivity index (χ1) is 9.58. The van der Waals surface area contributed by atoms with Crippen LogP contribution in [0.3, 0.4) is 0 Å². The van der Waals surface area contributed by atoms with E-state index in [0.717, 1.165) is 36.2 Å². The highest BCUT2D eigenvalue weighted by molar-refractivity contribution is 6.32. The number of aromatic nitrogens is 2. The number of hydrogen-bond donors (Lipinski definition) is 0. The van der Waals surface area contributed by atoms with Crippen LogP contribution in [0.5, 0.6) is 0 Å². The SMILES string of the molecule is CCn1nc(C)c(Cl)c1CC(=O)CC1CC2CCC1C2. The molecule has 3 rings (SSSR count).